The van der Waals surface area contributed by atoms with Gasteiger partial charge in [-0.25, -0.2) is 0 Å². The van der Waals surface area contributed by atoms with E-state index in [1.165, 1.54) is 168 Å². The minimum Gasteiger partial charge on any atom is -0.481 e. The summed E-state index contributed by atoms with van der Waals surface area (Å²) in [6, 6.07) is 0. The van der Waals surface area contributed by atoms with Crippen LogP contribution in [-0.4, -0.2) is 50.3 Å². The number of carbonyl (C=O) groups is 4. The average Bonchev–Trinajstić information content (AvgIpc) is 3.13. The Kier molecular flexibility index (Phi) is 48.0. The van der Waals surface area contributed by atoms with Crippen molar-refractivity contribution in [1.29, 1.82) is 0 Å². The van der Waals surface area contributed by atoms with Crippen LogP contribution in [0.5, 0.6) is 0 Å². The van der Waals surface area contributed by atoms with E-state index in [0.717, 1.165) is 38.5 Å². The second-order valence-corrected chi connectivity index (χ2v) is 15.3. The molecule has 0 saturated heterocycles. The molecule has 8 heteroatoms. The summed E-state index contributed by atoms with van der Waals surface area (Å²) in [7, 11) is 2.92. The normalized spacial score (nSPS) is 11.8. The van der Waals surface area contributed by atoms with Gasteiger partial charge in [0.1, 0.15) is 0 Å². The van der Waals surface area contributed by atoms with Crippen molar-refractivity contribution in [1.82, 2.24) is 0 Å². The number of methoxy groups -OCH3 is 2. The molecule has 316 valence electrons. The van der Waals surface area contributed by atoms with E-state index >= 15 is 0 Å². The van der Waals surface area contributed by atoms with Gasteiger partial charge in [0, 0.05) is 19.3 Å². The number of carboxylic acids is 1. The predicted octanol–water partition coefficient (Wildman–Crippen LogP) is 13.4. The first kappa shape index (κ1) is 55.2. The lowest BCUT2D eigenvalue weighted by Crippen LogP contribution is -2.04. The van der Waals surface area contributed by atoms with Gasteiger partial charge in [-0.15, -0.1) is 0 Å². The third-order valence-corrected chi connectivity index (χ3v) is 10.3. The summed E-state index contributed by atoms with van der Waals surface area (Å²) in [6.45, 7) is 5.57. The average molecular weight is 757 g/mol. The van der Waals surface area contributed by atoms with Gasteiger partial charge >= 0.3 is 17.9 Å². The van der Waals surface area contributed by atoms with Crippen molar-refractivity contribution in [3.05, 3.63) is 0 Å². The van der Waals surface area contributed by atoms with E-state index in [9.17, 15) is 19.2 Å². The summed E-state index contributed by atoms with van der Waals surface area (Å²) in [5.74, 6) is 0.454. The second-order valence-electron chi connectivity index (χ2n) is 15.3. The number of carboxylic acid groups (broad SMARTS) is 1. The standard InChI is InChI=1S/C23H44O4.C21H40O4.CH4/c1-21(19-20-23(25)27-3)17-15-13-11-9-7-5-4-6-8-10-12-14-16-18-22(24)26-2;1-20(17-18-25-19-22)15-13-11-9-7-5-3-2-4-6-8-10-12-14-16-21(23)24;/h21H,4-20H2,1-3H3;19-20H,2-18H2,1H3,(H,23,24);1H4. The van der Waals surface area contributed by atoms with Gasteiger partial charge in [0.25, 0.3) is 6.47 Å². The summed E-state index contributed by atoms with van der Waals surface area (Å²) in [6.07, 6.45) is 39.1. The molecule has 53 heavy (non-hydrogen) atoms. The van der Waals surface area contributed by atoms with Crippen molar-refractivity contribution in [3.8, 4) is 0 Å². The molecule has 0 saturated carbocycles. The Labute approximate surface area is 328 Å². The van der Waals surface area contributed by atoms with Crippen molar-refractivity contribution >= 4 is 24.4 Å². The lowest BCUT2D eigenvalue weighted by atomic mass is 9.97. The number of aliphatic carboxylic acids is 1. The molecule has 8 nitrogen and oxygen atoms in total. The third kappa shape index (κ3) is 49.9. The number of esters is 2. The summed E-state index contributed by atoms with van der Waals surface area (Å²) in [4.78, 5) is 42.5. The molecule has 0 heterocycles. The van der Waals surface area contributed by atoms with Crippen LogP contribution in [0.25, 0.3) is 0 Å². The zero-order valence-corrected chi connectivity index (χ0v) is 34.6. The minimum atomic E-state index is -0.668. The van der Waals surface area contributed by atoms with Gasteiger partial charge in [0.05, 0.1) is 20.8 Å². The maximum atomic E-state index is 11.1. The molecule has 2 atom stereocenters. The zero-order valence-electron chi connectivity index (χ0n) is 34.6. The van der Waals surface area contributed by atoms with Gasteiger partial charge in [0.15, 0.2) is 0 Å². The van der Waals surface area contributed by atoms with Crippen LogP contribution in [0.3, 0.4) is 0 Å². The van der Waals surface area contributed by atoms with E-state index in [4.69, 9.17) is 9.84 Å². The molecule has 0 rings (SSSR count). The highest BCUT2D eigenvalue weighted by atomic mass is 16.5. The van der Waals surface area contributed by atoms with Gasteiger partial charge in [-0.1, -0.05) is 188 Å². The quantitative estimate of drug-likeness (QED) is 0.0285. The molecule has 0 bridgehead atoms. The van der Waals surface area contributed by atoms with Crippen LogP contribution in [0.1, 0.15) is 233 Å². The Morgan fingerprint density at radius 2 is 0.755 bits per heavy atom. The van der Waals surface area contributed by atoms with Crippen LogP contribution in [0.2, 0.25) is 0 Å². The fraction of sp³-hybridized carbons (Fsp3) is 0.911. The fourth-order valence-corrected chi connectivity index (χ4v) is 6.59. The van der Waals surface area contributed by atoms with Crippen LogP contribution >= 0.6 is 0 Å². The molecule has 0 aromatic heterocycles. The summed E-state index contributed by atoms with van der Waals surface area (Å²) in [5.41, 5.74) is 0. The van der Waals surface area contributed by atoms with Crippen molar-refractivity contribution in [2.45, 2.75) is 233 Å². The molecule has 0 aromatic rings. The molecule has 0 aliphatic heterocycles. The maximum absolute atomic E-state index is 11.1. The molecule has 0 aromatic carbocycles. The number of carbonyl (C=O) groups excluding carboxylic acids is 3. The van der Waals surface area contributed by atoms with Gasteiger partial charge < -0.3 is 19.3 Å². The van der Waals surface area contributed by atoms with Crippen LogP contribution < -0.4 is 0 Å². The Hall–Kier alpha value is -2.12. The second kappa shape index (κ2) is 46.0. The van der Waals surface area contributed by atoms with Crippen LogP contribution in [0.15, 0.2) is 0 Å². The SMILES string of the molecule is C.CC(CCCCCCCCCCCCCCCC(=O)O)CCOC=O.COC(=O)CCCCCCCCCCCCCCCC(C)CCC(=O)OC. The van der Waals surface area contributed by atoms with Crippen LogP contribution in [0.4, 0.5) is 0 Å². The topological polar surface area (TPSA) is 116 Å². The first-order valence-electron chi connectivity index (χ1n) is 21.7. The molecule has 0 spiro atoms. The van der Waals surface area contributed by atoms with Crippen molar-refractivity contribution in [2.75, 3.05) is 20.8 Å². The fourth-order valence-electron chi connectivity index (χ4n) is 6.59. The molecule has 0 fully saturated rings. The van der Waals surface area contributed by atoms with Crippen molar-refractivity contribution < 1.29 is 38.5 Å². The molecule has 1 N–H and O–H groups in total. The summed E-state index contributed by atoms with van der Waals surface area (Å²) < 4.78 is 14.1. The number of hydrogen-bond acceptors (Lipinski definition) is 7. The lowest BCUT2D eigenvalue weighted by molar-refractivity contribution is -0.141. The van der Waals surface area contributed by atoms with E-state index in [2.05, 4.69) is 23.3 Å². The number of rotatable bonds is 39. The zero-order chi connectivity index (χ0) is 38.8. The third-order valence-electron chi connectivity index (χ3n) is 10.3. The first-order chi connectivity index (χ1) is 25.3. The molecule has 0 aliphatic carbocycles. The molecular weight excluding hydrogens is 668 g/mol. The minimum absolute atomic E-state index is 0. The van der Waals surface area contributed by atoms with E-state index in [1.54, 1.807) is 0 Å². The molecule has 0 radical (unpaired) electrons. The van der Waals surface area contributed by atoms with E-state index in [1.807, 2.05) is 0 Å². The van der Waals surface area contributed by atoms with Crippen LogP contribution in [0, 0.1) is 11.8 Å². The molecule has 0 amide bonds. The highest BCUT2D eigenvalue weighted by Crippen LogP contribution is 2.18. The van der Waals surface area contributed by atoms with Crippen molar-refractivity contribution in [2.24, 2.45) is 11.8 Å². The molecular formula is C45H88O8. The molecule has 2 unspecified atom stereocenters. The summed E-state index contributed by atoms with van der Waals surface area (Å²) >= 11 is 0. The van der Waals surface area contributed by atoms with Crippen LogP contribution in [-0.2, 0) is 33.4 Å². The Bertz CT molecular complexity index is 786. The monoisotopic (exact) mass is 757 g/mol. The highest BCUT2D eigenvalue weighted by Gasteiger charge is 2.07. The van der Waals surface area contributed by atoms with Gasteiger partial charge in [-0.05, 0) is 37.5 Å². The largest absolute Gasteiger partial charge is 0.481 e. The van der Waals surface area contributed by atoms with E-state index < -0.39 is 5.97 Å². The number of ether oxygens (including phenoxy) is 3. The smallest absolute Gasteiger partial charge is 0.305 e. The van der Waals surface area contributed by atoms with Crippen molar-refractivity contribution in [3.63, 3.8) is 0 Å². The van der Waals surface area contributed by atoms with Gasteiger partial charge in [-0.2, -0.15) is 0 Å². The Morgan fingerprint density at radius 3 is 1.09 bits per heavy atom. The lowest BCUT2D eigenvalue weighted by Gasteiger charge is -2.10. The highest BCUT2D eigenvalue weighted by molar-refractivity contribution is 5.69. The first-order valence-corrected chi connectivity index (χ1v) is 21.7. The van der Waals surface area contributed by atoms with E-state index in [-0.39, 0.29) is 19.4 Å². The molecule has 0 aliphatic rings. The van der Waals surface area contributed by atoms with E-state index in [0.29, 0.717) is 44.2 Å². The van der Waals surface area contributed by atoms with Gasteiger partial charge in [0.2, 0.25) is 0 Å². The Balaban J connectivity index is -0.000000929. The number of unbranched alkanes of at least 4 members (excludes halogenated alkanes) is 24. The summed E-state index contributed by atoms with van der Waals surface area (Å²) in [5, 5.41) is 8.55. The number of hydrogen-bond donors (Lipinski definition) is 1. The maximum Gasteiger partial charge on any atom is 0.305 e. The Morgan fingerprint density at radius 1 is 0.453 bits per heavy atom. The predicted molar refractivity (Wildman–Crippen MR) is 221 cm³/mol. The van der Waals surface area contributed by atoms with Gasteiger partial charge in [-0.3, -0.25) is 19.2 Å².